The Labute approximate surface area is 174 Å². The zero-order valence-electron chi connectivity index (χ0n) is 16.8. The molecule has 30 heavy (non-hydrogen) atoms. The van der Waals surface area contributed by atoms with Crippen LogP contribution >= 0.6 is 0 Å². The molecular weight excluding hydrogens is 378 g/mol. The zero-order valence-corrected chi connectivity index (χ0v) is 16.8. The second-order valence-electron chi connectivity index (χ2n) is 7.28. The molecule has 150 valence electrons. The molecule has 0 aliphatic carbocycles. The van der Waals surface area contributed by atoms with Crippen molar-refractivity contribution in [2.24, 2.45) is 0 Å². The van der Waals surface area contributed by atoms with Gasteiger partial charge in [-0.2, -0.15) is 0 Å². The van der Waals surface area contributed by atoms with E-state index >= 15 is 0 Å². The van der Waals surface area contributed by atoms with Gasteiger partial charge in [-0.05, 0) is 54.1 Å². The normalized spacial score (nSPS) is 12.7. The van der Waals surface area contributed by atoms with Crippen molar-refractivity contribution in [3.05, 3.63) is 95.1 Å². The molecule has 0 unspecified atom stereocenters. The number of rotatable bonds is 5. The minimum absolute atomic E-state index is 0.222. The lowest BCUT2D eigenvalue weighted by Crippen LogP contribution is -2.29. The minimum atomic E-state index is -0.353. The van der Waals surface area contributed by atoms with Gasteiger partial charge in [-0.15, -0.1) is 0 Å². The van der Waals surface area contributed by atoms with E-state index in [4.69, 9.17) is 0 Å². The Hall–Kier alpha value is -3.93. The first-order valence-electron chi connectivity index (χ1n) is 9.58. The predicted molar refractivity (Wildman–Crippen MR) is 116 cm³/mol. The van der Waals surface area contributed by atoms with Crippen LogP contribution in [0, 0.1) is 0 Å². The fraction of sp³-hybridized carbons (Fsp3) is 0.125. The quantitative estimate of drug-likeness (QED) is 0.667. The smallest absolute Gasteiger partial charge is 0.266 e. The Kier molecular flexibility index (Phi) is 5.06. The Bertz CT molecular complexity index is 1080. The molecule has 0 atom stereocenters. The SMILES string of the molecule is CN(C)c1ccc(CNC(=O)c2ccc(N3C(=O)c4ccccc4C3=O)cc2)cc1. The maximum atomic E-state index is 12.6. The fourth-order valence-corrected chi connectivity index (χ4v) is 3.38. The van der Waals surface area contributed by atoms with E-state index in [1.54, 1.807) is 48.5 Å². The highest BCUT2D eigenvalue weighted by Crippen LogP contribution is 2.28. The van der Waals surface area contributed by atoms with Gasteiger partial charge in [0, 0.05) is 31.9 Å². The van der Waals surface area contributed by atoms with Gasteiger partial charge in [-0.25, -0.2) is 4.90 Å². The van der Waals surface area contributed by atoms with Crippen molar-refractivity contribution in [2.45, 2.75) is 6.54 Å². The van der Waals surface area contributed by atoms with Crippen molar-refractivity contribution >= 4 is 29.1 Å². The van der Waals surface area contributed by atoms with E-state index in [0.29, 0.717) is 28.9 Å². The molecule has 1 N–H and O–H groups in total. The largest absolute Gasteiger partial charge is 0.378 e. The van der Waals surface area contributed by atoms with Crippen LogP contribution in [0.4, 0.5) is 11.4 Å². The molecule has 1 aliphatic heterocycles. The van der Waals surface area contributed by atoms with Crippen molar-refractivity contribution in [1.29, 1.82) is 0 Å². The number of nitrogens with zero attached hydrogens (tertiary/aromatic N) is 2. The molecule has 0 spiro atoms. The van der Waals surface area contributed by atoms with E-state index < -0.39 is 0 Å². The summed E-state index contributed by atoms with van der Waals surface area (Å²) in [4.78, 5) is 40.8. The number of carbonyl (C=O) groups is 3. The van der Waals surface area contributed by atoms with Crippen LogP contribution in [0.5, 0.6) is 0 Å². The van der Waals surface area contributed by atoms with E-state index in [2.05, 4.69) is 5.32 Å². The standard InChI is InChI=1S/C24H21N3O3/c1-26(2)18-11-7-16(8-12-18)15-25-22(28)17-9-13-19(14-10-17)27-23(29)20-5-3-4-6-21(20)24(27)30/h3-14H,15H2,1-2H3,(H,25,28). The molecule has 0 aromatic heterocycles. The maximum Gasteiger partial charge on any atom is 0.266 e. The molecule has 6 nitrogen and oxygen atoms in total. The second-order valence-corrected chi connectivity index (χ2v) is 7.28. The summed E-state index contributed by atoms with van der Waals surface area (Å²) in [6.45, 7) is 0.409. The van der Waals surface area contributed by atoms with E-state index in [9.17, 15) is 14.4 Å². The summed E-state index contributed by atoms with van der Waals surface area (Å²) in [5.41, 5.74) is 3.77. The summed E-state index contributed by atoms with van der Waals surface area (Å²) in [5.74, 6) is -0.927. The van der Waals surface area contributed by atoms with Crippen LogP contribution in [-0.4, -0.2) is 31.8 Å². The number of anilines is 2. The number of benzene rings is 3. The third kappa shape index (κ3) is 3.55. The van der Waals surface area contributed by atoms with E-state index in [1.165, 1.54) is 0 Å². The van der Waals surface area contributed by atoms with Gasteiger partial charge in [0.05, 0.1) is 16.8 Å². The highest BCUT2D eigenvalue weighted by molar-refractivity contribution is 6.34. The first-order valence-corrected chi connectivity index (χ1v) is 9.58. The maximum absolute atomic E-state index is 12.6. The predicted octanol–water partition coefficient (Wildman–Crippen LogP) is 3.48. The van der Waals surface area contributed by atoms with E-state index in [0.717, 1.165) is 16.2 Å². The van der Waals surface area contributed by atoms with Gasteiger partial charge in [0.1, 0.15) is 0 Å². The van der Waals surface area contributed by atoms with Gasteiger partial charge in [0.25, 0.3) is 17.7 Å². The summed E-state index contributed by atoms with van der Waals surface area (Å²) >= 11 is 0. The number of imide groups is 1. The summed E-state index contributed by atoms with van der Waals surface area (Å²) in [6.07, 6.45) is 0. The molecule has 0 radical (unpaired) electrons. The van der Waals surface area contributed by atoms with Gasteiger partial charge in [0.15, 0.2) is 0 Å². The minimum Gasteiger partial charge on any atom is -0.378 e. The molecule has 6 heteroatoms. The first kappa shape index (κ1) is 19.4. The fourth-order valence-electron chi connectivity index (χ4n) is 3.38. The van der Waals surface area contributed by atoms with Crippen LogP contribution < -0.4 is 15.1 Å². The van der Waals surface area contributed by atoms with Gasteiger partial charge in [0.2, 0.25) is 0 Å². The lowest BCUT2D eigenvalue weighted by Gasteiger charge is -2.14. The molecular formula is C24H21N3O3. The summed E-state index contributed by atoms with van der Waals surface area (Å²) in [5, 5.41) is 2.88. The molecule has 0 saturated carbocycles. The number of fused-ring (bicyclic) bond motifs is 1. The van der Waals surface area contributed by atoms with Crippen LogP contribution in [0.15, 0.2) is 72.8 Å². The lowest BCUT2D eigenvalue weighted by atomic mass is 10.1. The molecule has 4 rings (SSSR count). The van der Waals surface area contributed by atoms with Crippen molar-refractivity contribution in [3.8, 4) is 0 Å². The molecule has 1 heterocycles. The topological polar surface area (TPSA) is 69.7 Å². The summed E-state index contributed by atoms with van der Waals surface area (Å²) < 4.78 is 0. The second kappa shape index (κ2) is 7.83. The first-order chi connectivity index (χ1) is 14.5. The van der Waals surface area contributed by atoms with Gasteiger partial charge < -0.3 is 10.2 Å². The summed E-state index contributed by atoms with van der Waals surface area (Å²) in [7, 11) is 3.95. The Morgan fingerprint density at radius 3 is 1.93 bits per heavy atom. The van der Waals surface area contributed by atoms with Crippen LogP contribution in [-0.2, 0) is 6.54 Å². The number of hydrogen-bond donors (Lipinski definition) is 1. The molecule has 3 aromatic carbocycles. The highest BCUT2D eigenvalue weighted by Gasteiger charge is 2.36. The Balaban J connectivity index is 1.43. The van der Waals surface area contributed by atoms with Crippen LogP contribution in [0.25, 0.3) is 0 Å². The lowest BCUT2D eigenvalue weighted by molar-refractivity contribution is 0.0923. The van der Waals surface area contributed by atoms with E-state index in [1.807, 2.05) is 43.3 Å². The van der Waals surface area contributed by atoms with Crippen molar-refractivity contribution in [2.75, 3.05) is 23.9 Å². The molecule has 3 aromatic rings. The van der Waals surface area contributed by atoms with Crippen LogP contribution in [0.2, 0.25) is 0 Å². The van der Waals surface area contributed by atoms with Crippen molar-refractivity contribution < 1.29 is 14.4 Å². The van der Waals surface area contributed by atoms with Gasteiger partial charge in [-0.1, -0.05) is 24.3 Å². The third-order valence-electron chi connectivity index (χ3n) is 5.09. The van der Waals surface area contributed by atoms with E-state index in [-0.39, 0.29) is 17.7 Å². The van der Waals surface area contributed by atoms with Crippen LogP contribution in [0.1, 0.15) is 36.6 Å². The van der Waals surface area contributed by atoms with Crippen molar-refractivity contribution in [1.82, 2.24) is 5.32 Å². The summed E-state index contributed by atoms with van der Waals surface area (Å²) in [6, 6.07) is 21.1. The monoisotopic (exact) mass is 399 g/mol. The number of amides is 3. The molecule has 0 bridgehead atoms. The molecule has 0 saturated heterocycles. The number of nitrogens with one attached hydrogen (secondary N) is 1. The molecule has 1 aliphatic rings. The number of hydrogen-bond acceptors (Lipinski definition) is 4. The third-order valence-corrected chi connectivity index (χ3v) is 5.09. The zero-order chi connectivity index (χ0) is 21.3. The van der Waals surface area contributed by atoms with Crippen molar-refractivity contribution in [3.63, 3.8) is 0 Å². The Morgan fingerprint density at radius 2 is 1.40 bits per heavy atom. The van der Waals surface area contributed by atoms with Gasteiger partial charge in [-0.3, -0.25) is 14.4 Å². The molecule has 0 fully saturated rings. The highest BCUT2D eigenvalue weighted by atomic mass is 16.2. The average molecular weight is 399 g/mol. The Morgan fingerprint density at radius 1 is 0.833 bits per heavy atom. The number of carbonyl (C=O) groups excluding carboxylic acids is 3. The van der Waals surface area contributed by atoms with Crippen LogP contribution in [0.3, 0.4) is 0 Å². The average Bonchev–Trinajstić information content (AvgIpc) is 3.03. The van der Waals surface area contributed by atoms with Gasteiger partial charge >= 0.3 is 0 Å². The molecule has 3 amide bonds.